The van der Waals surface area contributed by atoms with Crippen molar-refractivity contribution in [1.29, 1.82) is 0 Å². The quantitative estimate of drug-likeness (QED) is 0.220. The third-order valence-electron chi connectivity index (χ3n) is 9.41. The Morgan fingerprint density at radius 1 is 0.864 bits per heavy atom. The Hall–Kier alpha value is -3.70. The lowest BCUT2D eigenvalue weighted by molar-refractivity contribution is 0.0815. The molecule has 1 aliphatic heterocycles. The number of hydrogen-bond acceptors (Lipinski definition) is 9. The summed E-state index contributed by atoms with van der Waals surface area (Å²) in [5.74, 6) is 0.483. The van der Waals surface area contributed by atoms with Crippen LogP contribution >= 0.6 is 11.3 Å². The average Bonchev–Trinajstić information content (AvgIpc) is 3.65. The predicted molar refractivity (Wildman–Crippen MR) is 181 cm³/mol. The number of piperazine rings is 1. The zero-order chi connectivity index (χ0) is 29.5. The second-order valence-corrected chi connectivity index (χ2v) is 13.2. The molecule has 1 saturated heterocycles. The SMILES string of the molecule is CCc1sc(-c2ccc(-c3nn(C4CCC(N5CCN(C)CC5)CC4)c4ncnc(N)c34)cc2)nc1-c1ccccc1C.N. The van der Waals surface area contributed by atoms with Crippen LogP contribution in [0.25, 0.3) is 44.1 Å². The third kappa shape index (κ3) is 5.63. The van der Waals surface area contributed by atoms with Gasteiger partial charge in [-0.1, -0.05) is 55.5 Å². The van der Waals surface area contributed by atoms with E-state index >= 15 is 0 Å². The second kappa shape index (κ2) is 12.7. The smallest absolute Gasteiger partial charge is 0.164 e. The number of aromatic nitrogens is 5. The van der Waals surface area contributed by atoms with E-state index in [9.17, 15) is 0 Å². The first-order valence-electron chi connectivity index (χ1n) is 15.6. The van der Waals surface area contributed by atoms with Gasteiger partial charge in [0.05, 0.1) is 17.1 Å². The van der Waals surface area contributed by atoms with E-state index < -0.39 is 0 Å². The molecule has 10 heteroatoms. The first kappa shape index (κ1) is 30.3. The van der Waals surface area contributed by atoms with Crippen LogP contribution in [0.1, 0.15) is 49.1 Å². The van der Waals surface area contributed by atoms with Crippen LogP contribution < -0.4 is 11.9 Å². The van der Waals surface area contributed by atoms with Crippen LogP contribution in [-0.2, 0) is 6.42 Å². The minimum Gasteiger partial charge on any atom is -0.383 e. The van der Waals surface area contributed by atoms with Gasteiger partial charge in [-0.3, -0.25) is 4.90 Å². The normalized spacial score (nSPS) is 19.7. The van der Waals surface area contributed by atoms with Crippen molar-refractivity contribution in [3.8, 4) is 33.1 Å². The van der Waals surface area contributed by atoms with Crippen molar-refractivity contribution in [1.82, 2.24) is 40.7 Å². The summed E-state index contributed by atoms with van der Waals surface area (Å²) in [6.07, 6.45) is 7.11. The van der Waals surface area contributed by atoms with E-state index in [2.05, 4.69) is 93.9 Å². The summed E-state index contributed by atoms with van der Waals surface area (Å²) in [5.41, 5.74) is 13.9. The molecule has 9 nitrogen and oxygen atoms in total. The van der Waals surface area contributed by atoms with Crippen molar-refractivity contribution in [2.75, 3.05) is 39.0 Å². The molecule has 5 aromatic rings. The minimum absolute atomic E-state index is 0. The molecule has 44 heavy (non-hydrogen) atoms. The maximum Gasteiger partial charge on any atom is 0.164 e. The number of benzene rings is 2. The van der Waals surface area contributed by atoms with Crippen LogP contribution in [-0.4, -0.2) is 73.8 Å². The number of nitrogen functional groups attached to an aromatic ring is 1. The van der Waals surface area contributed by atoms with Crippen LogP contribution in [0.2, 0.25) is 0 Å². The fourth-order valence-electron chi connectivity index (χ4n) is 6.84. The van der Waals surface area contributed by atoms with Gasteiger partial charge in [-0.15, -0.1) is 11.3 Å². The number of rotatable bonds is 6. The molecule has 0 amide bonds. The van der Waals surface area contributed by atoms with Crippen LogP contribution in [0.5, 0.6) is 0 Å². The molecule has 0 atom stereocenters. The van der Waals surface area contributed by atoms with E-state index in [0.29, 0.717) is 17.9 Å². The molecule has 230 valence electrons. The highest BCUT2D eigenvalue weighted by molar-refractivity contribution is 7.15. The van der Waals surface area contributed by atoms with Crippen LogP contribution in [0.4, 0.5) is 5.82 Å². The topological polar surface area (TPSA) is 124 Å². The summed E-state index contributed by atoms with van der Waals surface area (Å²) in [6, 6.07) is 18.1. The Bertz CT molecular complexity index is 1730. The van der Waals surface area contributed by atoms with Crippen molar-refractivity contribution in [2.45, 2.75) is 58.0 Å². The van der Waals surface area contributed by atoms with Crippen molar-refractivity contribution < 1.29 is 0 Å². The summed E-state index contributed by atoms with van der Waals surface area (Å²) >= 11 is 1.78. The summed E-state index contributed by atoms with van der Waals surface area (Å²) in [4.78, 5) is 20.6. The Morgan fingerprint density at radius 3 is 2.25 bits per heavy atom. The second-order valence-electron chi connectivity index (χ2n) is 12.1. The molecule has 2 aromatic carbocycles. The first-order valence-corrected chi connectivity index (χ1v) is 16.4. The van der Waals surface area contributed by atoms with Crippen molar-refractivity contribution in [3.05, 3.63) is 65.3 Å². The van der Waals surface area contributed by atoms with Crippen molar-refractivity contribution >= 4 is 28.2 Å². The highest BCUT2D eigenvalue weighted by atomic mass is 32.1. The van der Waals surface area contributed by atoms with Gasteiger partial charge in [-0.2, -0.15) is 5.10 Å². The molecule has 0 unspecified atom stereocenters. The van der Waals surface area contributed by atoms with E-state index in [4.69, 9.17) is 15.8 Å². The lowest BCUT2D eigenvalue weighted by Gasteiger charge is -2.41. The fraction of sp³-hybridized carbons (Fsp3) is 0.412. The van der Waals surface area contributed by atoms with Crippen LogP contribution in [0.3, 0.4) is 0 Å². The van der Waals surface area contributed by atoms with E-state index in [-0.39, 0.29) is 6.15 Å². The Morgan fingerprint density at radius 2 is 1.55 bits per heavy atom. The molecule has 0 bridgehead atoms. The van der Waals surface area contributed by atoms with Crippen LogP contribution in [0, 0.1) is 6.92 Å². The highest BCUT2D eigenvalue weighted by Crippen LogP contribution is 2.39. The fourth-order valence-corrected chi connectivity index (χ4v) is 7.86. The van der Waals surface area contributed by atoms with E-state index in [1.807, 2.05) is 0 Å². The molecule has 2 fully saturated rings. The number of likely N-dealkylation sites (N-methyl/N-ethyl adjacent to an activating group) is 1. The average molecular weight is 610 g/mol. The van der Waals surface area contributed by atoms with Gasteiger partial charge in [0.25, 0.3) is 0 Å². The number of aryl methyl sites for hydroxylation is 2. The molecule has 0 spiro atoms. The van der Waals surface area contributed by atoms with Gasteiger partial charge in [0.1, 0.15) is 22.8 Å². The largest absolute Gasteiger partial charge is 0.383 e. The Kier molecular flexibility index (Phi) is 8.77. The van der Waals surface area contributed by atoms with Gasteiger partial charge in [0, 0.05) is 53.8 Å². The molecule has 7 rings (SSSR count). The van der Waals surface area contributed by atoms with Gasteiger partial charge in [-0.05, 0) is 51.6 Å². The molecular formula is C34H43N9S. The third-order valence-corrected chi connectivity index (χ3v) is 10.7. The molecule has 4 heterocycles. The zero-order valence-corrected chi connectivity index (χ0v) is 26.9. The molecule has 5 N–H and O–H groups in total. The standard InChI is InChI=1S/C34H40N8S.H3N/c1-4-28-31(27-8-6-5-7-22(27)2)38-34(43-28)24-11-9-23(10-12-24)30-29-32(35)36-21-37-33(29)42(39-30)26-15-13-25(14-16-26)41-19-17-40(3)18-20-41;/h5-12,21,25-26H,4,13-20H2,1-3H3,(H2,35,36,37);1H3. The summed E-state index contributed by atoms with van der Waals surface area (Å²) in [7, 11) is 2.22. The number of fused-ring (bicyclic) bond motifs is 1. The lowest BCUT2D eigenvalue weighted by Crippen LogP contribution is -2.49. The predicted octanol–water partition coefficient (Wildman–Crippen LogP) is 6.63. The Balaban J connectivity index is 0.00000343. The Labute approximate surface area is 263 Å². The molecule has 1 saturated carbocycles. The monoisotopic (exact) mass is 609 g/mol. The van der Waals surface area contributed by atoms with Crippen LogP contribution in [0.15, 0.2) is 54.9 Å². The van der Waals surface area contributed by atoms with Gasteiger partial charge in [0.15, 0.2) is 5.65 Å². The molecule has 0 radical (unpaired) electrons. The zero-order valence-electron chi connectivity index (χ0n) is 26.0. The van der Waals surface area contributed by atoms with Gasteiger partial charge in [-0.25, -0.2) is 19.6 Å². The van der Waals surface area contributed by atoms with Gasteiger partial charge < -0.3 is 16.8 Å². The van der Waals surface area contributed by atoms with Gasteiger partial charge >= 0.3 is 0 Å². The number of anilines is 1. The minimum atomic E-state index is 0. The van der Waals surface area contributed by atoms with Crippen molar-refractivity contribution in [2.24, 2.45) is 0 Å². The summed E-state index contributed by atoms with van der Waals surface area (Å²) in [5, 5.41) is 7.06. The van der Waals surface area contributed by atoms with E-state index in [0.717, 1.165) is 70.9 Å². The number of nitrogens with zero attached hydrogens (tertiary/aromatic N) is 7. The number of nitrogens with two attached hydrogens (primary N) is 1. The van der Waals surface area contributed by atoms with Gasteiger partial charge in [0.2, 0.25) is 0 Å². The highest BCUT2D eigenvalue weighted by Gasteiger charge is 2.30. The molecule has 1 aliphatic carbocycles. The maximum absolute atomic E-state index is 6.47. The summed E-state index contributed by atoms with van der Waals surface area (Å²) < 4.78 is 2.14. The lowest BCUT2D eigenvalue weighted by atomic mass is 9.90. The summed E-state index contributed by atoms with van der Waals surface area (Å²) in [6.45, 7) is 9.04. The maximum atomic E-state index is 6.47. The van der Waals surface area contributed by atoms with E-state index in [1.54, 1.807) is 17.7 Å². The molecule has 2 aliphatic rings. The molecule has 3 aromatic heterocycles. The van der Waals surface area contributed by atoms with Crippen molar-refractivity contribution in [3.63, 3.8) is 0 Å². The number of thiazole rings is 1. The van der Waals surface area contributed by atoms with E-state index in [1.165, 1.54) is 41.9 Å². The molecular weight excluding hydrogens is 567 g/mol. The first-order chi connectivity index (χ1) is 21.0. The number of hydrogen-bond donors (Lipinski definition) is 2.